The Balaban J connectivity index is 0.807. The van der Waals surface area contributed by atoms with Crippen LogP contribution in [0.3, 0.4) is 0 Å². The molecule has 1 aliphatic heterocycles. The van der Waals surface area contributed by atoms with Crippen molar-refractivity contribution in [2.45, 2.75) is 123 Å². The average molecular weight is 717 g/mol. The number of alkyl halides is 2. The molecule has 10 nitrogen and oxygen atoms in total. The van der Waals surface area contributed by atoms with Crippen molar-refractivity contribution in [1.82, 2.24) is 29.7 Å². The Hall–Kier alpha value is -3.54. The highest BCUT2D eigenvalue weighted by Gasteiger charge is 2.62. The van der Waals surface area contributed by atoms with Crippen LogP contribution in [0, 0.1) is 41.4 Å². The number of hydrogen-bond donors (Lipinski definition) is 1. The molecule has 12 heteroatoms. The number of amides is 1. The Bertz CT molecular complexity index is 1800. The normalized spacial score (nSPS) is 32.1. The van der Waals surface area contributed by atoms with Crippen molar-refractivity contribution in [3.05, 3.63) is 30.4 Å². The number of aromatic nitrogens is 6. The van der Waals surface area contributed by atoms with Crippen LogP contribution in [0.1, 0.15) is 104 Å². The highest BCUT2D eigenvalue weighted by Crippen LogP contribution is 2.67. The predicted octanol–water partition coefficient (Wildman–Crippen LogP) is 8.12. The molecule has 0 spiro atoms. The number of ether oxygens (including phenoxy) is 1. The van der Waals surface area contributed by atoms with Crippen LogP contribution in [0.4, 0.5) is 20.4 Å². The molecule has 1 amide bonds. The average Bonchev–Trinajstić information content (AvgIpc) is 3.74. The van der Waals surface area contributed by atoms with Gasteiger partial charge in [-0.05, 0) is 125 Å². The smallest absolute Gasteiger partial charge is 0.248 e. The Labute approximate surface area is 306 Å². The minimum Gasteiger partial charge on any atom is -0.378 e. The zero-order valence-electron chi connectivity index (χ0n) is 31.2. The minimum atomic E-state index is -2.46. The number of anilines is 2. The van der Waals surface area contributed by atoms with Crippen molar-refractivity contribution < 1.29 is 18.3 Å². The van der Waals surface area contributed by atoms with E-state index >= 15 is 0 Å². The van der Waals surface area contributed by atoms with Crippen LogP contribution < -0.4 is 10.2 Å². The molecule has 0 bridgehead atoms. The van der Waals surface area contributed by atoms with E-state index in [1.165, 1.54) is 19.3 Å². The van der Waals surface area contributed by atoms with Gasteiger partial charge in [-0.1, -0.05) is 13.8 Å². The van der Waals surface area contributed by atoms with E-state index in [4.69, 9.17) is 19.8 Å². The number of likely N-dealkylation sites (N-methyl/N-ethyl adjacent to an activating group) is 1. The summed E-state index contributed by atoms with van der Waals surface area (Å²) in [5, 5.41) is 7.76. The number of carbonyl (C=O) groups excluding carboxylic acids is 1. The van der Waals surface area contributed by atoms with Gasteiger partial charge in [0.1, 0.15) is 12.0 Å². The summed E-state index contributed by atoms with van der Waals surface area (Å²) >= 11 is 0. The largest absolute Gasteiger partial charge is 0.378 e. The molecule has 1 N–H and O–H groups in total. The van der Waals surface area contributed by atoms with E-state index in [9.17, 15) is 13.6 Å². The lowest BCUT2D eigenvalue weighted by molar-refractivity contribution is -0.169. The molecular weight excluding hydrogens is 662 g/mol. The molecule has 5 aliphatic rings. The zero-order chi connectivity index (χ0) is 36.3. The lowest BCUT2D eigenvalue weighted by Crippen LogP contribution is -2.55. The SMILES string of the molecule is CCN1C(=O)CNc2ncc(-c3ccc(-c4ncn(CCCCCO[C@H]5CC[C@H]6[C@@H]7CC[C@H]8CC(F)(F)CCC8(C)[C@H]7CC[C@]56C)n4)nc3C)nc21. The standard InChI is InChI=1S/C40H54F2N8O2/c1-5-50-34(51)23-44-36-37(50)47-32(22-43-36)27-11-13-31(46-25(27)2)35-45-24-49(48-35)19-7-6-8-20-52-33-14-12-29-28-10-9-26-21-40(41,42)18-17-38(26,3)30(28)15-16-39(29,33)4/h11,13,22,24,26,28-30,33H,5-10,12,14-21,23H2,1-4H3,(H,43,44)/t26-,28-,29-,30-,33-,38?,39-/m0/s1. The second kappa shape index (κ2) is 13.7. The number of fused-ring (bicyclic) bond motifs is 6. The summed E-state index contributed by atoms with van der Waals surface area (Å²) in [6.45, 7) is 11.0. The molecule has 1 unspecified atom stereocenters. The van der Waals surface area contributed by atoms with Crippen molar-refractivity contribution in [1.29, 1.82) is 0 Å². The van der Waals surface area contributed by atoms with Gasteiger partial charge < -0.3 is 10.1 Å². The molecule has 0 aromatic carbocycles. The Kier molecular flexibility index (Phi) is 9.35. The molecule has 52 heavy (non-hydrogen) atoms. The number of carbonyl (C=O) groups is 1. The van der Waals surface area contributed by atoms with Crippen molar-refractivity contribution in [2.24, 2.45) is 34.5 Å². The fourth-order valence-corrected chi connectivity index (χ4v) is 11.2. The van der Waals surface area contributed by atoms with Crippen molar-refractivity contribution >= 4 is 17.5 Å². The number of rotatable bonds is 10. The van der Waals surface area contributed by atoms with E-state index in [-0.39, 0.29) is 42.0 Å². The molecule has 7 atom stereocenters. The summed E-state index contributed by atoms with van der Waals surface area (Å²) in [6.07, 6.45) is 14.6. The van der Waals surface area contributed by atoms with Crippen molar-refractivity contribution in [3.8, 4) is 22.8 Å². The number of aryl methyl sites for hydroxylation is 2. The third-order valence-corrected chi connectivity index (χ3v) is 14.1. The zero-order valence-corrected chi connectivity index (χ0v) is 31.2. The summed E-state index contributed by atoms with van der Waals surface area (Å²) in [6, 6.07) is 3.87. The van der Waals surface area contributed by atoms with Crippen LogP contribution >= 0.6 is 0 Å². The van der Waals surface area contributed by atoms with Crippen LogP contribution in [-0.4, -0.2) is 67.3 Å². The third kappa shape index (κ3) is 6.30. The summed E-state index contributed by atoms with van der Waals surface area (Å²) in [4.78, 5) is 32.6. The molecular formula is C40H54F2N8O2. The summed E-state index contributed by atoms with van der Waals surface area (Å²) in [5.74, 6) is 1.39. The minimum absolute atomic E-state index is 0.0244. The topological polar surface area (TPSA) is 111 Å². The first-order valence-electron chi connectivity index (χ1n) is 19.8. The van der Waals surface area contributed by atoms with Gasteiger partial charge in [-0.3, -0.25) is 14.4 Å². The molecule has 4 saturated carbocycles. The molecule has 4 fully saturated rings. The molecule has 280 valence electrons. The molecule has 3 aromatic rings. The molecule has 8 rings (SSSR count). The first-order valence-corrected chi connectivity index (χ1v) is 19.8. The first kappa shape index (κ1) is 35.5. The van der Waals surface area contributed by atoms with Gasteiger partial charge in [0.05, 0.1) is 24.5 Å². The van der Waals surface area contributed by atoms with E-state index in [1.54, 1.807) is 17.4 Å². The molecule has 4 heterocycles. The van der Waals surface area contributed by atoms with Gasteiger partial charge in [-0.2, -0.15) is 0 Å². The second-order valence-corrected chi connectivity index (χ2v) is 16.8. The van der Waals surface area contributed by atoms with E-state index in [1.807, 2.05) is 30.7 Å². The monoisotopic (exact) mass is 716 g/mol. The predicted molar refractivity (Wildman–Crippen MR) is 196 cm³/mol. The van der Waals surface area contributed by atoms with Crippen LogP contribution in [0.15, 0.2) is 24.7 Å². The summed E-state index contributed by atoms with van der Waals surface area (Å²) < 4.78 is 37.2. The number of nitrogens with zero attached hydrogens (tertiary/aromatic N) is 7. The van der Waals surface area contributed by atoms with Crippen LogP contribution in [0.5, 0.6) is 0 Å². The Morgan fingerprint density at radius 3 is 2.62 bits per heavy atom. The van der Waals surface area contributed by atoms with Gasteiger partial charge in [-0.25, -0.2) is 28.7 Å². The van der Waals surface area contributed by atoms with Gasteiger partial charge >= 0.3 is 0 Å². The lowest BCUT2D eigenvalue weighted by atomic mass is 9.45. The van der Waals surface area contributed by atoms with Crippen molar-refractivity contribution in [2.75, 3.05) is 29.9 Å². The van der Waals surface area contributed by atoms with Gasteiger partial charge in [0.2, 0.25) is 11.8 Å². The Morgan fingerprint density at radius 1 is 0.942 bits per heavy atom. The lowest BCUT2D eigenvalue weighted by Gasteiger charge is -2.61. The first-order chi connectivity index (χ1) is 25.0. The van der Waals surface area contributed by atoms with Crippen LogP contribution in [-0.2, 0) is 16.1 Å². The number of nitrogens with one attached hydrogen (secondary N) is 1. The third-order valence-electron chi connectivity index (χ3n) is 14.1. The van der Waals surface area contributed by atoms with Gasteiger partial charge in [0.15, 0.2) is 17.5 Å². The number of pyridine rings is 1. The summed E-state index contributed by atoms with van der Waals surface area (Å²) in [7, 11) is 0. The van der Waals surface area contributed by atoms with E-state index in [0.29, 0.717) is 65.7 Å². The highest BCUT2D eigenvalue weighted by atomic mass is 19.3. The van der Waals surface area contributed by atoms with Crippen LogP contribution in [0.25, 0.3) is 22.8 Å². The van der Waals surface area contributed by atoms with E-state index < -0.39 is 5.92 Å². The molecule has 0 radical (unpaired) electrons. The second-order valence-electron chi connectivity index (χ2n) is 16.8. The number of hydrogen-bond acceptors (Lipinski definition) is 8. The maximum Gasteiger partial charge on any atom is 0.248 e. The quantitative estimate of drug-likeness (QED) is 0.210. The maximum absolute atomic E-state index is 14.3. The van der Waals surface area contributed by atoms with Gasteiger partial charge in [0, 0.05) is 43.8 Å². The number of unbranched alkanes of at least 4 members (excludes halogenated alkanes) is 2. The fraction of sp³-hybridized carbons (Fsp3) is 0.700. The van der Waals surface area contributed by atoms with Gasteiger partial charge in [0.25, 0.3) is 0 Å². The summed E-state index contributed by atoms with van der Waals surface area (Å²) in [5.41, 5.74) is 3.30. The fourth-order valence-electron chi connectivity index (χ4n) is 11.2. The molecule has 3 aromatic heterocycles. The number of halogens is 2. The molecule has 0 saturated heterocycles. The Morgan fingerprint density at radius 2 is 1.79 bits per heavy atom. The maximum atomic E-state index is 14.3. The van der Waals surface area contributed by atoms with Crippen molar-refractivity contribution in [3.63, 3.8) is 0 Å². The molecule has 4 aliphatic carbocycles. The van der Waals surface area contributed by atoms with E-state index in [2.05, 4.69) is 29.1 Å². The van der Waals surface area contributed by atoms with E-state index in [0.717, 1.165) is 62.9 Å². The van der Waals surface area contributed by atoms with Crippen LogP contribution in [0.2, 0.25) is 0 Å². The highest BCUT2D eigenvalue weighted by molar-refractivity contribution is 6.00. The van der Waals surface area contributed by atoms with Gasteiger partial charge in [-0.15, -0.1) is 5.10 Å².